The van der Waals surface area contributed by atoms with Crippen LogP contribution in [-0.4, -0.2) is 18.1 Å². The number of esters is 1. The molecule has 0 saturated heterocycles. The second-order valence-electron chi connectivity index (χ2n) is 1.85. The van der Waals surface area contributed by atoms with Crippen molar-refractivity contribution < 1.29 is 9.53 Å². The van der Waals surface area contributed by atoms with E-state index in [9.17, 15) is 4.79 Å². The van der Waals surface area contributed by atoms with Gasteiger partial charge in [0.25, 0.3) is 0 Å². The number of ether oxygens (including phenoxy) is 1. The highest BCUT2D eigenvalue weighted by molar-refractivity contribution is 9.10. The van der Waals surface area contributed by atoms with Crippen LogP contribution in [0.4, 0.5) is 0 Å². The molecule has 0 aliphatic rings. The number of halogens is 1. The van der Waals surface area contributed by atoms with Gasteiger partial charge >= 0.3 is 5.97 Å². The Morgan fingerprint density at radius 1 is 1.46 bits per heavy atom. The second-order valence-corrected chi connectivity index (χ2v) is 2.77. The number of hydrogen-bond donors (Lipinski definition) is 0. The molecule has 13 heavy (non-hydrogen) atoms. The Labute approximate surface area is 86.3 Å². The van der Waals surface area contributed by atoms with Crippen molar-refractivity contribution in [3.05, 3.63) is 28.5 Å². The van der Waals surface area contributed by atoms with Gasteiger partial charge in [0.1, 0.15) is 5.69 Å². The topological polar surface area (TPSA) is 39.2 Å². The van der Waals surface area contributed by atoms with Gasteiger partial charge in [-0.3, -0.25) is 0 Å². The van der Waals surface area contributed by atoms with E-state index in [1.54, 1.807) is 18.3 Å². The third kappa shape index (κ3) is 4.03. The number of carbonyl (C=O) groups excluding carboxylic acids is 1. The van der Waals surface area contributed by atoms with Crippen molar-refractivity contribution in [3.8, 4) is 0 Å². The van der Waals surface area contributed by atoms with Crippen molar-refractivity contribution >= 4 is 21.9 Å². The van der Waals surface area contributed by atoms with E-state index in [2.05, 4.69) is 25.7 Å². The van der Waals surface area contributed by atoms with Crippen LogP contribution in [-0.2, 0) is 4.74 Å². The lowest BCUT2D eigenvalue weighted by atomic mass is 10.4. The Morgan fingerprint density at radius 2 is 2.08 bits per heavy atom. The normalized spacial score (nSPS) is 8.31. The summed E-state index contributed by atoms with van der Waals surface area (Å²) in [6, 6.07) is 3.33. The van der Waals surface area contributed by atoms with E-state index < -0.39 is 5.97 Å². The highest BCUT2D eigenvalue weighted by atomic mass is 79.9. The van der Waals surface area contributed by atoms with Crippen LogP contribution >= 0.6 is 15.9 Å². The summed E-state index contributed by atoms with van der Waals surface area (Å²) in [4.78, 5) is 14.7. The molecule has 1 heterocycles. The smallest absolute Gasteiger partial charge is 0.356 e. The first-order valence-electron chi connectivity index (χ1n) is 3.94. The fourth-order valence-electron chi connectivity index (χ4n) is 0.601. The average Bonchev–Trinajstić information content (AvgIpc) is 2.21. The zero-order valence-electron chi connectivity index (χ0n) is 7.87. The maximum Gasteiger partial charge on any atom is 0.356 e. The van der Waals surface area contributed by atoms with E-state index in [-0.39, 0.29) is 0 Å². The van der Waals surface area contributed by atoms with E-state index in [0.29, 0.717) is 5.69 Å². The molecule has 0 bridgehead atoms. The van der Waals surface area contributed by atoms with Gasteiger partial charge in [-0.15, -0.1) is 0 Å². The number of rotatable bonds is 1. The monoisotopic (exact) mass is 245 g/mol. The van der Waals surface area contributed by atoms with Crippen LogP contribution in [0.15, 0.2) is 22.8 Å². The highest BCUT2D eigenvalue weighted by Crippen LogP contribution is 2.07. The number of methoxy groups -OCH3 is 1. The van der Waals surface area contributed by atoms with Crippen molar-refractivity contribution in [1.29, 1.82) is 0 Å². The summed E-state index contributed by atoms with van der Waals surface area (Å²) in [5.74, 6) is -0.419. The molecule has 0 radical (unpaired) electrons. The number of nitrogens with zero attached hydrogens (tertiary/aromatic N) is 1. The summed E-state index contributed by atoms with van der Waals surface area (Å²) in [6.07, 6.45) is 1.55. The van der Waals surface area contributed by atoms with Crippen LogP contribution < -0.4 is 0 Å². The molecule has 0 aromatic carbocycles. The lowest BCUT2D eigenvalue weighted by Crippen LogP contribution is -2.02. The first-order valence-corrected chi connectivity index (χ1v) is 4.73. The molecule has 1 aromatic heterocycles. The van der Waals surface area contributed by atoms with Crippen molar-refractivity contribution in [2.45, 2.75) is 13.8 Å². The maximum atomic E-state index is 10.8. The van der Waals surface area contributed by atoms with E-state index in [1.165, 1.54) is 7.11 Å². The fraction of sp³-hybridized carbons (Fsp3) is 0.333. The summed E-state index contributed by atoms with van der Waals surface area (Å²) in [5, 5.41) is 0. The van der Waals surface area contributed by atoms with Gasteiger partial charge in [-0.1, -0.05) is 13.8 Å². The molecule has 0 N–H and O–H groups in total. The molecule has 72 valence electrons. The van der Waals surface area contributed by atoms with Crippen molar-refractivity contribution in [2.24, 2.45) is 0 Å². The number of pyridine rings is 1. The molecule has 0 fully saturated rings. The molecule has 0 saturated carbocycles. The number of aromatic nitrogens is 1. The first-order chi connectivity index (χ1) is 6.24. The zero-order valence-corrected chi connectivity index (χ0v) is 9.46. The molecule has 0 spiro atoms. The molecule has 3 nitrogen and oxygen atoms in total. The van der Waals surface area contributed by atoms with Crippen molar-refractivity contribution in [1.82, 2.24) is 4.98 Å². The van der Waals surface area contributed by atoms with Gasteiger partial charge in [0, 0.05) is 10.7 Å². The Balaban J connectivity index is 0.000000671. The van der Waals surface area contributed by atoms with Gasteiger partial charge < -0.3 is 4.74 Å². The fourth-order valence-corrected chi connectivity index (χ4v) is 0.836. The zero-order chi connectivity index (χ0) is 10.3. The Kier molecular flexibility index (Phi) is 6.14. The van der Waals surface area contributed by atoms with Crippen molar-refractivity contribution in [2.75, 3.05) is 7.11 Å². The molecule has 1 aromatic rings. The third-order valence-corrected chi connectivity index (χ3v) is 1.59. The minimum atomic E-state index is -0.419. The van der Waals surface area contributed by atoms with Gasteiger partial charge in [0.05, 0.1) is 7.11 Å². The predicted molar refractivity (Wildman–Crippen MR) is 54.6 cm³/mol. The molecule has 0 aliphatic heterocycles. The lowest BCUT2D eigenvalue weighted by molar-refractivity contribution is 0.0594. The van der Waals surface area contributed by atoms with Crippen LogP contribution in [0.2, 0.25) is 0 Å². The molecular formula is C9H12BrNO2. The van der Waals surface area contributed by atoms with E-state index in [1.807, 2.05) is 13.8 Å². The summed E-state index contributed by atoms with van der Waals surface area (Å²) in [5.41, 5.74) is 0.315. The largest absolute Gasteiger partial charge is 0.464 e. The van der Waals surface area contributed by atoms with Crippen LogP contribution in [0.3, 0.4) is 0 Å². The summed E-state index contributed by atoms with van der Waals surface area (Å²) in [7, 11) is 1.33. The van der Waals surface area contributed by atoms with Gasteiger partial charge in [-0.25, -0.2) is 9.78 Å². The Hall–Kier alpha value is -0.900. The van der Waals surface area contributed by atoms with Crippen LogP contribution in [0, 0.1) is 0 Å². The average molecular weight is 246 g/mol. The predicted octanol–water partition coefficient (Wildman–Crippen LogP) is 2.66. The molecule has 0 aliphatic carbocycles. The summed E-state index contributed by atoms with van der Waals surface area (Å²) < 4.78 is 5.30. The highest BCUT2D eigenvalue weighted by Gasteiger charge is 2.04. The van der Waals surface area contributed by atoms with Gasteiger partial charge in [-0.2, -0.15) is 0 Å². The molecule has 0 atom stereocenters. The lowest BCUT2D eigenvalue weighted by Gasteiger charge is -1.96. The Bertz CT molecular complexity index is 259. The molecule has 4 heteroatoms. The third-order valence-electron chi connectivity index (χ3n) is 1.12. The summed E-state index contributed by atoms with van der Waals surface area (Å²) in [6.45, 7) is 4.00. The molecule has 0 unspecified atom stereocenters. The van der Waals surface area contributed by atoms with Crippen molar-refractivity contribution in [3.63, 3.8) is 0 Å². The minimum Gasteiger partial charge on any atom is -0.464 e. The van der Waals surface area contributed by atoms with Crippen LogP contribution in [0.5, 0.6) is 0 Å². The van der Waals surface area contributed by atoms with Crippen LogP contribution in [0.1, 0.15) is 24.3 Å². The minimum absolute atomic E-state index is 0.315. The number of hydrogen-bond acceptors (Lipinski definition) is 3. The van der Waals surface area contributed by atoms with E-state index >= 15 is 0 Å². The van der Waals surface area contributed by atoms with Gasteiger partial charge in [-0.05, 0) is 28.1 Å². The van der Waals surface area contributed by atoms with Crippen LogP contribution in [0.25, 0.3) is 0 Å². The molecular weight excluding hydrogens is 234 g/mol. The van der Waals surface area contributed by atoms with E-state index in [4.69, 9.17) is 0 Å². The Morgan fingerprint density at radius 3 is 2.46 bits per heavy atom. The second kappa shape index (κ2) is 6.60. The standard InChI is InChI=1S/C7H6BrNO2.C2H6/c1-11-7(10)6-3-2-5(8)4-9-6;1-2/h2-4H,1H3;1-2H3. The van der Waals surface area contributed by atoms with Gasteiger partial charge in [0.2, 0.25) is 0 Å². The van der Waals surface area contributed by atoms with Gasteiger partial charge in [0.15, 0.2) is 0 Å². The maximum absolute atomic E-state index is 10.8. The van der Waals surface area contributed by atoms with E-state index in [0.717, 1.165) is 4.47 Å². The molecule has 1 rings (SSSR count). The number of carbonyl (C=O) groups is 1. The quantitative estimate of drug-likeness (QED) is 0.715. The SMILES string of the molecule is CC.COC(=O)c1ccc(Br)cn1. The molecule has 0 amide bonds. The first kappa shape index (κ1) is 12.1. The summed E-state index contributed by atoms with van der Waals surface area (Å²) >= 11 is 3.20.